The summed E-state index contributed by atoms with van der Waals surface area (Å²) in [5.74, 6) is -1.14. The van der Waals surface area contributed by atoms with Crippen molar-refractivity contribution < 1.29 is 27.8 Å². The van der Waals surface area contributed by atoms with Crippen molar-refractivity contribution in [1.29, 1.82) is 0 Å². The average Bonchev–Trinajstić information content (AvgIpc) is 3.58. The normalized spacial score (nSPS) is 22.2. The number of urea groups is 1. The molecule has 2 N–H and O–H groups in total. The number of nitrogens with one attached hydrogen (secondary N) is 1. The van der Waals surface area contributed by atoms with Gasteiger partial charge in [-0.2, -0.15) is 0 Å². The van der Waals surface area contributed by atoms with Gasteiger partial charge in [0.15, 0.2) is 0 Å². The van der Waals surface area contributed by atoms with Gasteiger partial charge < -0.3 is 29.5 Å². The minimum Gasteiger partial charge on any atom is -0.389 e. The number of aliphatic hydroxyl groups is 1. The zero-order valence-corrected chi connectivity index (χ0v) is 23.3. The molecular formula is C31H36F3N5O3. The molecule has 3 aliphatic rings. The molecule has 3 aliphatic heterocycles. The Labute approximate surface area is 243 Å². The number of alkyl halides is 1. The van der Waals surface area contributed by atoms with Crippen LogP contribution in [0.5, 0.6) is 0 Å². The van der Waals surface area contributed by atoms with Crippen LogP contribution in [-0.2, 0) is 11.3 Å². The largest absolute Gasteiger partial charge is 0.389 e. The molecule has 6 rings (SSSR count). The average molecular weight is 584 g/mol. The number of carbonyl (C=O) groups is 1. The number of ether oxygens (including phenoxy) is 1. The fraction of sp³-hybridized carbons (Fsp3) is 0.484. The molecule has 0 saturated carbocycles. The van der Waals surface area contributed by atoms with E-state index < -0.39 is 35.9 Å². The molecule has 3 saturated heterocycles. The van der Waals surface area contributed by atoms with Gasteiger partial charge in [-0.1, -0.05) is 30.3 Å². The second-order valence-corrected chi connectivity index (χ2v) is 11.5. The molecule has 11 heteroatoms. The van der Waals surface area contributed by atoms with Crippen molar-refractivity contribution in [1.82, 2.24) is 24.7 Å². The van der Waals surface area contributed by atoms with Crippen LogP contribution in [0.2, 0.25) is 0 Å². The maximum atomic E-state index is 15.0. The molecule has 0 radical (unpaired) electrons. The first kappa shape index (κ1) is 28.7. The van der Waals surface area contributed by atoms with E-state index in [4.69, 9.17) is 9.72 Å². The second kappa shape index (κ2) is 12.4. The number of rotatable bonds is 8. The van der Waals surface area contributed by atoms with E-state index in [2.05, 4.69) is 5.32 Å². The highest BCUT2D eigenvalue weighted by molar-refractivity contribution is 5.76. The van der Waals surface area contributed by atoms with Crippen molar-refractivity contribution in [3.63, 3.8) is 0 Å². The second-order valence-electron chi connectivity index (χ2n) is 11.5. The Morgan fingerprint density at radius 3 is 2.57 bits per heavy atom. The van der Waals surface area contributed by atoms with Gasteiger partial charge in [0.1, 0.15) is 23.6 Å². The van der Waals surface area contributed by atoms with E-state index in [0.717, 1.165) is 23.8 Å². The Bertz CT molecular complexity index is 1380. The third-order valence-corrected chi connectivity index (χ3v) is 8.59. The standard InChI is InChI=1S/C31H36F3N5O3/c32-23-6-7-26(33)25(12-23)28-19-37(15-20-4-2-1-3-5-20)30(36-28)29(21-8-10-42-11-9-21)39(16-22-13-35-14-27(22)34)31(41)38-17-24(40)18-38/h1-7,12,19,21-22,24,27,29,35,40H,8-11,13-18H2. The maximum absolute atomic E-state index is 15.0. The summed E-state index contributed by atoms with van der Waals surface area (Å²) in [4.78, 5) is 22.3. The maximum Gasteiger partial charge on any atom is 0.320 e. The lowest BCUT2D eigenvalue weighted by Crippen LogP contribution is -2.59. The van der Waals surface area contributed by atoms with Crippen LogP contribution in [0.1, 0.15) is 30.3 Å². The predicted molar refractivity (Wildman–Crippen MR) is 150 cm³/mol. The zero-order valence-electron chi connectivity index (χ0n) is 23.3. The van der Waals surface area contributed by atoms with E-state index in [9.17, 15) is 23.1 Å². The molecule has 0 bridgehead atoms. The number of hydrogen-bond donors (Lipinski definition) is 2. The first-order chi connectivity index (χ1) is 20.4. The number of hydrogen-bond acceptors (Lipinski definition) is 5. The summed E-state index contributed by atoms with van der Waals surface area (Å²) in [7, 11) is 0. The summed E-state index contributed by atoms with van der Waals surface area (Å²) < 4.78 is 51.8. The highest BCUT2D eigenvalue weighted by Crippen LogP contribution is 2.39. The summed E-state index contributed by atoms with van der Waals surface area (Å²) in [6.45, 7) is 2.63. The number of benzene rings is 2. The molecular weight excluding hydrogens is 547 g/mol. The fourth-order valence-corrected chi connectivity index (χ4v) is 6.27. The lowest BCUT2D eigenvalue weighted by atomic mass is 9.89. The fourth-order valence-electron chi connectivity index (χ4n) is 6.27. The van der Waals surface area contributed by atoms with Crippen LogP contribution in [0.4, 0.5) is 18.0 Å². The minimum absolute atomic E-state index is 0.0290. The van der Waals surface area contributed by atoms with Gasteiger partial charge in [0.2, 0.25) is 0 Å². The van der Waals surface area contributed by atoms with Crippen molar-refractivity contribution in [3.8, 4) is 11.3 Å². The van der Waals surface area contributed by atoms with Gasteiger partial charge in [-0.05, 0) is 42.5 Å². The first-order valence-electron chi connectivity index (χ1n) is 14.6. The summed E-state index contributed by atoms with van der Waals surface area (Å²) in [5.41, 5.74) is 1.26. The molecule has 3 fully saturated rings. The van der Waals surface area contributed by atoms with Gasteiger partial charge in [0, 0.05) is 57.1 Å². The lowest BCUT2D eigenvalue weighted by Gasteiger charge is -2.45. The molecule has 2 amide bonds. The smallest absolute Gasteiger partial charge is 0.320 e. The highest BCUT2D eigenvalue weighted by atomic mass is 19.1. The van der Waals surface area contributed by atoms with Crippen LogP contribution in [-0.4, -0.2) is 88.7 Å². The SMILES string of the molecule is O=C(N1CC(O)C1)N(CC1CNCC1F)C(c1nc(-c2cc(F)ccc2F)cn1Cc1ccccc1)C1CCOCC1. The Morgan fingerprint density at radius 2 is 1.88 bits per heavy atom. The van der Waals surface area contributed by atoms with Crippen molar-refractivity contribution in [3.05, 3.63) is 77.8 Å². The molecule has 4 heterocycles. The van der Waals surface area contributed by atoms with Gasteiger partial charge in [0.05, 0.1) is 30.9 Å². The topological polar surface area (TPSA) is 82.9 Å². The number of nitrogens with zero attached hydrogens (tertiary/aromatic N) is 4. The highest BCUT2D eigenvalue weighted by Gasteiger charge is 2.43. The molecule has 42 heavy (non-hydrogen) atoms. The third-order valence-electron chi connectivity index (χ3n) is 8.59. The Hall–Kier alpha value is -3.41. The molecule has 3 unspecified atom stereocenters. The van der Waals surface area contributed by atoms with Gasteiger partial charge in [-0.15, -0.1) is 0 Å². The molecule has 0 aliphatic carbocycles. The quantitative estimate of drug-likeness (QED) is 0.419. The van der Waals surface area contributed by atoms with Crippen molar-refractivity contribution in [2.75, 3.05) is 45.9 Å². The summed E-state index contributed by atoms with van der Waals surface area (Å²) in [6.07, 6.45) is 1.31. The number of halogens is 3. The summed E-state index contributed by atoms with van der Waals surface area (Å²) in [6, 6.07) is 12.1. The summed E-state index contributed by atoms with van der Waals surface area (Å²) >= 11 is 0. The Morgan fingerprint density at radius 1 is 1.12 bits per heavy atom. The van der Waals surface area contributed by atoms with Crippen molar-refractivity contribution in [2.24, 2.45) is 11.8 Å². The Kier molecular flexibility index (Phi) is 8.50. The number of amides is 2. The van der Waals surface area contributed by atoms with Crippen LogP contribution >= 0.6 is 0 Å². The van der Waals surface area contributed by atoms with Gasteiger partial charge in [0.25, 0.3) is 0 Å². The molecule has 0 spiro atoms. The van der Waals surface area contributed by atoms with E-state index in [1.54, 1.807) is 16.0 Å². The van der Waals surface area contributed by atoms with Crippen molar-refractivity contribution in [2.45, 2.75) is 37.7 Å². The van der Waals surface area contributed by atoms with Crippen LogP contribution in [0, 0.1) is 23.5 Å². The van der Waals surface area contributed by atoms with Crippen molar-refractivity contribution >= 4 is 6.03 Å². The molecule has 1 aromatic heterocycles. The molecule has 8 nitrogen and oxygen atoms in total. The van der Waals surface area contributed by atoms with Crippen LogP contribution in [0.15, 0.2) is 54.7 Å². The van der Waals surface area contributed by atoms with E-state index in [0.29, 0.717) is 45.0 Å². The van der Waals surface area contributed by atoms with Gasteiger partial charge in [-0.25, -0.2) is 22.9 Å². The number of β-amino-alcohol motifs (C(OH)–C–C–N with tert-alkyl or cyclic N) is 1. The monoisotopic (exact) mass is 583 g/mol. The van der Waals surface area contributed by atoms with E-state index in [1.807, 2.05) is 34.9 Å². The Balaban J connectivity index is 1.47. The van der Waals surface area contributed by atoms with E-state index in [1.165, 1.54) is 0 Å². The van der Waals surface area contributed by atoms with E-state index in [-0.39, 0.29) is 49.4 Å². The molecule has 3 atom stereocenters. The number of aliphatic hydroxyl groups excluding tert-OH is 1. The molecule has 3 aromatic rings. The molecule has 224 valence electrons. The molecule has 2 aromatic carbocycles. The number of aromatic nitrogens is 2. The minimum atomic E-state index is -1.11. The van der Waals surface area contributed by atoms with Crippen LogP contribution in [0.3, 0.4) is 0 Å². The van der Waals surface area contributed by atoms with Gasteiger partial charge >= 0.3 is 6.03 Å². The number of imidazole rings is 1. The van der Waals surface area contributed by atoms with Gasteiger partial charge in [-0.3, -0.25) is 0 Å². The predicted octanol–water partition coefficient (Wildman–Crippen LogP) is 4.00. The first-order valence-corrected chi connectivity index (χ1v) is 14.6. The number of carbonyl (C=O) groups excluding carboxylic acids is 1. The zero-order chi connectivity index (χ0) is 29.2. The van der Waals surface area contributed by atoms with E-state index >= 15 is 0 Å². The third kappa shape index (κ3) is 6.04. The lowest BCUT2D eigenvalue weighted by molar-refractivity contribution is -0.00936. The van der Waals surface area contributed by atoms with Crippen LogP contribution in [0.25, 0.3) is 11.3 Å². The number of likely N-dealkylation sites (tertiary alicyclic amines) is 1. The summed E-state index contributed by atoms with van der Waals surface area (Å²) in [5, 5.41) is 13.1. The van der Waals surface area contributed by atoms with Crippen LogP contribution < -0.4 is 5.32 Å².